The van der Waals surface area contributed by atoms with Crippen LogP contribution in [0.5, 0.6) is 5.88 Å². The normalized spacial score (nSPS) is 22.7. The number of amides is 2. The van der Waals surface area contributed by atoms with Gasteiger partial charge in [0.05, 0.1) is 12.2 Å². The van der Waals surface area contributed by atoms with Crippen LogP contribution in [0, 0.1) is 0 Å². The average Bonchev–Trinajstić information content (AvgIpc) is 3.21. The molecule has 0 N–H and O–H groups in total. The van der Waals surface area contributed by atoms with Crippen molar-refractivity contribution in [1.29, 1.82) is 0 Å². The van der Waals surface area contributed by atoms with E-state index < -0.39 is 11.1 Å². The molecule has 0 saturated carbocycles. The van der Waals surface area contributed by atoms with Crippen LogP contribution in [0.25, 0.3) is 0 Å². The third-order valence-corrected chi connectivity index (χ3v) is 9.02. The molecule has 1 fully saturated rings. The number of hydrogen-bond donors (Lipinski definition) is 0. The molecular weight excluding hydrogens is 569 g/mol. The molecule has 0 spiro atoms. The van der Waals surface area contributed by atoms with Crippen molar-refractivity contribution in [3.8, 4) is 5.88 Å². The Balaban J connectivity index is 1.80. The topological polar surface area (TPSA) is 70.9 Å². The molecule has 0 aliphatic carbocycles. The molecule has 7 nitrogen and oxygen atoms in total. The number of piperidine rings is 1. The fourth-order valence-electron chi connectivity index (χ4n) is 5.92. The summed E-state index contributed by atoms with van der Waals surface area (Å²) in [4.78, 5) is 33.6. The number of hydrogen-bond acceptors (Lipinski definition) is 5. The van der Waals surface area contributed by atoms with Crippen LogP contribution in [0.2, 0.25) is 10.0 Å². The highest BCUT2D eigenvalue weighted by Crippen LogP contribution is 2.54. The van der Waals surface area contributed by atoms with Gasteiger partial charge < -0.3 is 9.64 Å². The van der Waals surface area contributed by atoms with Crippen LogP contribution in [0.4, 0.5) is 4.79 Å². The van der Waals surface area contributed by atoms with Crippen molar-refractivity contribution in [2.75, 3.05) is 19.7 Å². The Morgan fingerprint density at radius 2 is 1.50 bits per heavy atom. The van der Waals surface area contributed by atoms with E-state index in [2.05, 4.69) is 34.6 Å². The number of aromatic nitrogens is 2. The van der Waals surface area contributed by atoms with Crippen LogP contribution in [0.1, 0.15) is 83.3 Å². The molecule has 1 aromatic heterocycles. The van der Waals surface area contributed by atoms with Gasteiger partial charge >= 0.3 is 6.03 Å². The number of carbonyl (C=O) groups excluding carboxylic acids is 1. The number of urea groups is 1. The number of benzene rings is 2. The first-order valence-electron chi connectivity index (χ1n) is 14.6. The number of halogens is 2. The first-order valence-corrected chi connectivity index (χ1v) is 15.4. The predicted molar refractivity (Wildman–Crippen MR) is 169 cm³/mol. The highest BCUT2D eigenvalue weighted by molar-refractivity contribution is 6.30. The maximum absolute atomic E-state index is 14.8. The van der Waals surface area contributed by atoms with Crippen molar-refractivity contribution < 1.29 is 9.53 Å². The lowest BCUT2D eigenvalue weighted by molar-refractivity contribution is 0.102. The Morgan fingerprint density at radius 3 is 2.05 bits per heavy atom. The largest absolute Gasteiger partial charge is 0.477 e. The second-order valence-corrected chi connectivity index (χ2v) is 13.2. The van der Waals surface area contributed by atoms with Crippen LogP contribution in [0.15, 0.2) is 59.7 Å². The fraction of sp³-hybridized carbons (Fsp3) is 0.455. The Labute approximate surface area is 258 Å². The summed E-state index contributed by atoms with van der Waals surface area (Å²) in [7, 11) is 0. The van der Waals surface area contributed by atoms with Gasteiger partial charge in [0.2, 0.25) is 5.88 Å². The number of nitrogens with zero attached hydrogens (tertiary/aromatic N) is 5. The van der Waals surface area contributed by atoms with Crippen LogP contribution in [-0.2, 0) is 16.5 Å². The highest BCUT2D eigenvalue weighted by atomic mass is 35.5. The summed E-state index contributed by atoms with van der Waals surface area (Å²) in [6.45, 7) is 14.0. The van der Waals surface area contributed by atoms with Crippen molar-refractivity contribution in [3.05, 3.63) is 87.3 Å². The molecule has 2 aliphatic heterocycles. The minimum atomic E-state index is -0.957. The summed E-state index contributed by atoms with van der Waals surface area (Å²) in [5, 5.41) is 1.25. The number of aliphatic imine (C=N–C) groups is 1. The highest BCUT2D eigenvalue weighted by Gasteiger charge is 2.60. The van der Waals surface area contributed by atoms with Crippen molar-refractivity contribution in [3.63, 3.8) is 0 Å². The molecule has 5 rings (SSSR count). The van der Waals surface area contributed by atoms with Crippen LogP contribution in [-0.4, -0.2) is 51.3 Å². The molecule has 222 valence electrons. The second-order valence-electron chi connectivity index (χ2n) is 12.4. The van der Waals surface area contributed by atoms with E-state index in [1.54, 1.807) is 6.20 Å². The van der Waals surface area contributed by atoms with Crippen molar-refractivity contribution in [2.24, 2.45) is 4.99 Å². The number of ether oxygens (including phenoxy) is 1. The van der Waals surface area contributed by atoms with Gasteiger partial charge in [0.15, 0.2) is 0 Å². The van der Waals surface area contributed by atoms with Crippen molar-refractivity contribution >= 4 is 35.1 Å². The van der Waals surface area contributed by atoms with E-state index in [0.717, 1.165) is 30.4 Å². The van der Waals surface area contributed by atoms with E-state index in [9.17, 15) is 4.79 Å². The second kappa shape index (κ2) is 11.5. The predicted octanol–water partition coefficient (Wildman–Crippen LogP) is 7.98. The van der Waals surface area contributed by atoms with E-state index in [1.165, 1.54) is 0 Å². The number of carbonyl (C=O) groups is 1. The Kier molecular flexibility index (Phi) is 8.29. The minimum Gasteiger partial charge on any atom is -0.477 e. The zero-order valence-corrected chi connectivity index (χ0v) is 26.8. The standard InChI is InChI=1S/C33H39Cl2N5O2/c1-7-42-28-26(21-36-29(37-28)31(2,3)4)27-38-32(5,22-11-15-24(34)16-12-22)33(6,23-13-17-25(35)18-14-23)40(27)30(41)39-19-9-8-10-20-39/h11-18,21H,7-10,19-20H2,1-6H3/t32-,33-/m0/s1. The molecule has 2 amide bonds. The molecule has 2 atom stereocenters. The molecule has 1 saturated heterocycles. The molecule has 0 bridgehead atoms. The summed E-state index contributed by atoms with van der Waals surface area (Å²) in [6, 6.07) is 15.3. The lowest BCUT2D eigenvalue weighted by atomic mass is 9.71. The number of amidine groups is 1. The van der Waals surface area contributed by atoms with Crippen LogP contribution in [0.3, 0.4) is 0 Å². The van der Waals surface area contributed by atoms with Gasteiger partial charge in [0, 0.05) is 34.7 Å². The molecule has 42 heavy (non-hydrogen) atoms. The smallest absolute Gasteiger partial charge is 0.326 e. The first-order chi connectivity index (χ1) is 19.9. The Bertz CT molecular complexity index is 1480. The quantitative estimate of drug-likeness (QED) is 0.295. The first kappa shape index (κ1) is 30.3. The maximum Gasteiger partial charge on any atom is 0.326 e. The molecule has 2 aromatic carbocycles. The van der Waals surface area contributed by atoms with E-state index >= 15 is 0 Å². The van der Waals surface area contributed by atoms with Gasteiger partial charge in [-0.3, -0.25) is 9.89 Å². The number of rotatable bonds is 5. The zero-order valence-electron chi connectivity index (χ0n) is 25.2. The van der Waals surface area contributed by atoms with E-state index in [-0.39, 0.29) is 11.4 Å². The lowest BCUT2D eigenvalue weighted by Gasteiger charge is -2.47. The van der Waals surface area contributed by atoms with E-state index in [0.29, 0.717) is 52.8 Å². The Morgan fingerprint density at radius 1 is 0.929 bits per heavy atom. The van der Waals surface area contributed by atoms with Crippen molar-refractivity contribution in [2.45, 2.75) is 77.3 Å². The summed E-state index contributed by atoms with van der Waals surface area (Å²) in [6.07, 6.45) is 4.79. The summed E-state index contributed by atoms with van der Waals surface area (Å²) >= 11 is 12.7. The molecular formula is C33H39Cl2N5O2. The van der Waals surface area contributed by atoms with Gasteiger partial charge in [-0.15, -0.1) is 0 Å². The van der Waals surface area contributed by atoms with Gasteiger partial charge in [0.1, 0.15) is 22.7 Å². The molecule has 3 heterocycles. The Hall–Kier alpha value is -3.16. The monoisotopic (exact) mass is 607 g/mol. The summed E-state index contributed by atoms with van der Waals surface area (Å²) < 4.78 is 6.12. The van der Waals surface area contributed by atoms with Gasteiger partial charge in [-0.25, -0.2) is 9.78 Å². The molecule has 0 radical (unpaired) electrons. The third-order valence-electron chi connectivity index (χ3n) is 8.51. The molecule has 9 heteroatoms. The molecule has 0 unspecified atom stereocenters. The van der Waals surface area contributed by atoms with Crippen molar-refractivity contribution in [1.82, 2.24) is 19.8 Å². The number of likely N-dealkylation sites (tertiary alicyclic amines) is 1. The maximum atomic E-state index is 14.8. The minimum absolute atomic E-state index is 0.106. The van der Waals surface area contributed by atoms with Gasteiger partial charge in [-0.1, -0.05) is 68.2 Å². The van der Waals surface area contributed by atoms with Gasteiger partial charge in [-0.05, 0) is 75.4 Å². The lowest BCUT2D eigenvalue weighted by Crippen LogP contribution is -2.58. The third kappa shape index (κ3) is 5.26. The van der Waals surface area contributed by atoms with Gasteiger partial charge in [-0.2, -0.15) is 4.98 Å². The SMILES string of the molecule is CCOc1nc(C(C)(C)C)ncc1C1=N[C@@](C)(c2ccc(Cl)cc2)[C@](C)(c2ccc(Cl)cc2)N1C(=O)N1CCCCC1. The van der Waals surface area contributed by atoms with E-state index in [4.69, 9.17) is 42.9 Å². The van der Waals surface area contributed by atoms with Gasteiger partial charge in [0.25, 0.3) is 0 Å². The van der Waals surface area contributed by atoms with Crippen LogP contribution >= 0.6 is 23.2 Å². The molecule has 3 aromatic rings. The fourth-order valence-corrected chi connectivity index (χ4v) is 6.17. The average molecular weight is 609 g/mol. The van der Waals surface area contributed by atoms with E-state index in [1.807, 2.05) is 65.3 Å². The van der Waals surface area contributed by atoms with Crippen LogP contribution < -0.4 is 4.74 Å². The summed E-state index contributed by atoms with van der Waals surface area (Å²) in [5.41, 5.74) is 0.230. The summed E-state index contributed by atoms with van der Waals surface area (Å²) in [5.74, 6) is 1.54. The zero-order chi connectivity index (χ0) is 30.3. The molecule has 2 aliphatic rings.